The number of nitrogens with one attached hydrogen (secondary N) is 2. The standard InChI is InChI=1S/C17H23N3O8/c1-10(18-16(23)28-17(2,3)4)13(14(21)26-5)19-15(22)27-12-8-6-11(7-9-12)20(24)25/h6-10,13H,1-5H3,(H,18,23)(H,19,22)/t10-,13+/m1/s1. The second-order valence-electron chi connectivity index (χ2n) is 6.72. The molecule has 28 heavy (non-hydrogen) atoms. The van der Waals surface area contributed by atoms with Crippen LogP contribution in [0.5, 0.6) is 5.75 Å². The van der Waals surface area contributed by atoms with Crippen molar-refractivity contribution < 1.29 is 33.5 Å². The van der Waals surface area contributed by atoms with Crippen molar-refractivity contribution in [2.24, 2.45) is 0 Å². The number of hydrogen-bond donors (Lipinski definition) is 2. The Kier molecular flexibility index (Phi) is 7.72. The first kappa shape index (κ1) is 22.7. The van der Waals surface area contributed by atoms with Gasteiger partial charge in [-0.05, 0) is 39.8 Å². The number of esters is 1. The SMILES string of the molecule is COC(=O)[C@@H](NC(=O)Oc1ccc([N+](=O)[O-])cc1)[C@@H](C)NC(=O)OC(C)(C)C. The van der Waals surface area contributed by atoms with Gasteiger partial charge in [0.1, 0.15) is 17.4 Å². The largest absolute Gasteiger partial charge is 0.467 e. The lowest BCUT2D eigenvalue weighted by Gasteiger charge is -2.25. The van der Waals surface area contributed by atoms with Gasteiger partial charge in [0.2, 0.25) is 0 Å². The van der Waals surface area contributed by atoms with Gasteiger partial charge in [-0.25, -0.2) is 14.4 Å². The number of non-ortho nitro benzene ring substituents is 1. The second kappa shape index (κ2) is 9.53. The van der Waals surface area contributed by atoms with Crippen LogP contribution < -0.4 is 15.4 Å². The van der Waals surface area contributed by atoms with Gasteiger partial charge < -0.3 is 24.8 Å². The molecule has 0 spiro atoms. The summed E-state index contributed by atoms with van der Waals surface area (Å²) in [5.41, 5.74) is -0.914. The lowest BCUT2D eigenvalue weighted by Crippen LogP contribution is -2.55. The quantitative estimate of drug-likeness (QED) is 0.422. The third-order valence-electron chi connectivity index (χ3n) is 3.23. The monoisotopic (exact) mass is 397 g/mol. The molecule has 1 rings (SSSR count). The number of alkyl carbamates (subject to hydrolysis) is 1. The molecule has 11 heteroatoms. The number of nitro groups is 1. The summed E-state index contributed by atoms with van der Waals surface area (Å²) in [6.07, 6.45) is -1.79. The van der Waals surface area contributed by atoms with Crippen molar-refractivity contribution in [1.29, 1.82) is 0 Å². The molecule has 0 bridgehead atoms. The number of hydrogen-bond acceptors (Lipinski definition) is 8. The maximum Gasteiger partial charge on any atom is 0.413 e. The van der Waals surface area contributed by atoms with Gasteiger partial charge >= 0.3 is 18.2 Å². The molecule has 2 amide bonds. The summed E-state index contributed by atoms with van der Waals surface area (Å²) in [6.45, 7) is 6.50. The topological polar surface area (TPSA) is 146 Å². The zero-order chi connectivity index (χ0) is 21.5. The van der Waals surface area contributed by atoms with E-state index in [4.69, 9.17) is 9.47 Å². The number of nitrogens with zero attached hydrogens (tertiary/aromatic N) is 1. The van der Waals surface area contributed by atoms with Gasteiger partial charge in [-0.1, -0.05) is 0 Å². The first-order chi connectivity index (χ1) is 12.9. The number of benzene rings is 1. The minimum absolute atomic E-state index is 0.0273. The number of carbonyl (C=O) groups excluding carboxylic acids is 3. The zero-order valence-corrected chi connectivity index (χ0v) is 16.2. The Labute approximate surface area is 161 Å². The van der Waals surface area contributed by atoms with E-state index in [1.165, 1.54) is 19.1 Å². The number of methoxy groups -OCH3 is 1. The highest BCUT2D eigenvalue weighted by molar-refractivity contribution is 5.83. The van der Waals surface area contributed by atoms with Crippen LogP contribution in [0, 0.1) is 10.1 Å². The molecule has 0 radical (unpaired) electrons. The highest BCUT2D eigenvalue weighted by atomic mass is 16.6. The van der Waals surface area contributed by atoms with Crippen molar-refractivity contribution in [1.82, 2.24) is 10.6 Å². The van der Waals surface area contributed by atoms with Gasteiger partial charge in [0.05, 0.1) is 18.1 Å². The van der Waals surface area contributed by atoms with Gasteiger partial charge in [0.25, 0.3) is 5.69 Å². The molecular formula is C17H23N3O8. The normalized spacial score (nSPS) is 12.9. The highest BCUT2D eigenvalue weighted by Crippen LogP contribution is 2.17. The fourth-order valence-corrected chi connectivity index (χ4v) is 1.99. The van der Waals surface area contributed by atoms with E-state index in [0.717, 1.165) is 19.2 Å². The van der Waals surface area contributed by atoms with Crippen molar-refractivity contribution in [3.8, 4) is 5.75 Å². The van der Waals surface area contributed by atoms with Crippen molar-refractivity contribution >= 4 is 23.8 Å². The fourth-order valence-electron chi connectivity index (χ4n) is 1.99. The smallest absolute Gasteiger partial charge is 0.413 e. The molecular weight excluding hydrogens is 374 g/mol. The predicted molar refractivity (Wildman–Crippen MR) is 96.9 cm³/mol. The molecule has 1 aromatic carbocycles. The molecule has 0 saturated heterocycles. The predicted octanol–water partition coefficient (Wildman–Crippen LogP) is 2.14. The van der Waals surface area contributed by atoms with Crippen LogP contribution in [0.3, 0.4) is 0 Å². The molecule has 0 heterocycles. The molecule has 11 nitrogen and oxygen atoms in total. The van der Waals surface area contributed by atoms with Crippen molar-refractivity contribution in [2.45, 2.75) is 45.4 Å². The van der Waals surface area contributed by atoms with E-state index >= 15 is 0 Å². The molecule has 0 saturated carbocycles. The van der Waals surface area contributed by atoms with Gasteiger partial charge in [0.15, 0.2) is 0 Å². The van der Waals surface area contributed by atoms with Crippen LogP contribution in [0.2, 0.25) is 0 Å². The second-order valence-corrected chi connectivity index (χ2v) is 6.72. The number of rotatable bonds is 6. The van der Waals surface area contributed by atoms with E-state index in [1.807, 2.05) is 0 Å². The summed E-state index contributed by atoms with van der Waals surface area (Å²) in [5, 5.41) is 15.3. The fraction of sp³-hybridized carbons (Fsp3) is 0.471. The van der Waals surface area contributed by atoms with Gasteiger partial charge in [-0.3, -0.25) is 10.1 Å². The average molecular weight is 397 g/mol. The van der Waals surface area contributed by atoms with Crippen LogP contribution in [-0.2, 0) is 14.3 Å². The minimum atomic E-state index is -1.26. The van der Waals surface area contributed by atoms with E-state index in [0.29, 0.717) is 0 Å². The number of nitro benzene ring substituents is 1. The molecule has 2 atom stereocenters. The van der Waals surface area contributed by atoms with Gasteiger partial charge in [-0.2, -0.15) is 0 Å². The molecule has 0 aliphatic heterocycles. The van der Waals surface area contributed by atoms with Crippen LogP contribution in [0.1, 0.15) is 27.7 Å². The number of ether oxygens (including phenoxy) is 3. The average Bonchev–Trinajstić information content (AvgIpc) is 2.57. The summed E-state index contributed by atoms with van der Waals surface area (Å²) in [5.74, 6) is -0.788. The first-order valence-corrected chi connectivity index (χ1v) is 8.23. The summed E-state index contributed by atoms with van der Waals surface area (Å²) >= 11 is 0. The van der Waals surface area contributed by atoms with Gasteiger partial charge in [-0.15, -0.1) is 0 Å². The summed E-state index contributed by atoms with van der Waals surface area (Å²) in [4.78, 5) is 45.9. The Morgan fingerprint density at radius 2 is 1.64 bits per heavy atom. The number of amides is 2. The molecule has 154 valence electrons. The van der Waals surface area contributed by atoms with Gasteiger partial charge in [0, 0.05) is 12.1 Å². The van der Waals surface area contributed by atoms with Crippen LogP contribution in [0.15, 0.2) is 24.3 Å². The lowest BCUT2D eigenvalue weighted by molar-refractivity contribution is -0.384. The highest BCUT2D eigenvalue weighted by Gasteiger charge is 2.31. The molecule has 0 aromatic heterocycles. The molecule has 0 aliphatic rings. The van der Waals surface area contributed by atoms with E-state index in [1.54, 1.807) is 20.8 Å². The Bertz CT molecular complexity index is 727. The van der Waals surface area contributed by atoms with Crippen molar-refractivity contribution in [2.75, 3.05) is 7.11 Å². The van der Waals surface area contributed by atoms with E-state index in [9.17, 15) is 24.5 Å². The zero-order valence-electron chi connectivity index (χ0n) is 16.2. The Balaban J connectivity index is 2.76. The maximum atomic E-state index is 12.1. The summed E-state index contributed by atoms with van der Waals surface area (Å²) in [6, 6.07) is 2.63. The number of carbonyl (C=O) groups is 3. The maximum absolute atomic E-state index is 12.1. The van der Waals surface area contributed by atoms with Crippen LogP contribution in [-0.4, -0.2) is 47.9 Å². The third kappa shape index (κ3) is 7.48. The first-order valence-electron chi connectivity index (χ1n) is 8.23. The lowest BCUT2D eigenvalue weighted by atomic mass is 10.1. The minimum Gasteiger partial charge on any atom is -0.467 e. The molecule has 0 unspecified atom stereocenters. The molecule has 1 aromatic rings. The third-order valence-corrected chi connectivity index (χ3v) is 3.23. The van der Waals surface area contributed by atoms with Crippen LogP contribution >= 0.6 is 0 Å². The summed E-state index contributed by atoms with van der Waals surface area (Å²) < 4.78 is 14.7. The van der Waals surface area contributed by atoms with Crippen molar-refractivity contribution in [3.63, 3.8) is 0 Å². The summed E-state index contributed by atoms with van der Waals surface area (Å²) in [7, 11) is 1.12. The van der Waals surface area contributed by atoms with Crippen LogP contribution in [0.25, 0.3) is 0 Å². The molecule has 0 fully saturated rings. The van der Waals surface area contributed by atoms with Crippen molar-refractivity contribution in [3.05, 3.63) is 34.4 Å². The van der Waals surface area contributed by atoms with E-state index in [2.05, 4.69) is 15.4 Å². The van der Waals surface area contributed by atoms with E-state index in [-0.39, 0.29) is 11.4 Å². The Morgan fingerprint density at radius 3 is 2.11 bits per heavy atom. The van der Waals surface area contributed by atoms with Crippen LogP contribution in [0.4, 0.5) is 15.3 Å². The van der Waals surface area contributed by atoms with E-state index < -0.39 is 40.8 Å². The Morgan fingerprint density at radius 1 is 1.07 bits per heavy atom. The molecule has 0 aliphatic carbocycles. The molecule has 2 N–H and O–H groups in total. The Hall–Kier alpha value is -3.37.